The molecule has 0 aromatic carbocycles. The van der Waals surface area contributed by atoms with Crippen molar-refractivity contribution in [2.75, 3.05) is 5.75 Å². The van der Waals surface area contributed by atoms with Crippen LogP contribution in [-0.2, 0) is 4.79 Å². The lowest BCUT2D eigenvalue weighted by Crippen LogP contribution is -2.50. The van der Waals surface area contributed by atoms with Crippen LogP contribution in [0, 0.1) is 6.92 Å². The molecule has 0 saturated heterocycles. The Morgan fingerprint density at radius 3 is 2.90 bits per heavy atom. The SMILES string of the molecule is Cc1cc(=O)[nH]c(SCCCC(C)(NC2CC2)C(=O)O)n1. The van der Waals surface area contributed by atoms with E-state index in [9.17, 15) is 14.7 Å². The lowest BCUT2D eigenvalue weighted by atomic mass is 9.96. The van der Waals surface area contributed by atoms with Gasteiger partial charge in [0.25, 0.3) is 5.56 Å². The summed E-state index contributed by atoms with van der Waals surface area (Å²) in [6, 6.07) is 1.80. The molecule has 0 amide bonds. The third-order valence-corrected chi connectivity index (χ3v) is 4.44. The van der Waals surface area contributed by atoms with Crippen LogP contribution in [0.3, 0.4) is 0 Å². The molecule has 1 aromatic rings. The molecule has 2 rings (SSSR count). The minimum Gasteiger partial charge on any atom is -0.480 e. The Morgan fingerprint density at radius 2 is 2.33 bits per heavy atom. The van der Waals surface area contributed by atoms with E-state index in [0.717, 1.165) is 25.0 Å². The number of aromatic amines is 1. The number of carboxylic acid groups (broad SMARTS) is 1. The fourth-order valence-corrected chi connectivity index (χ4v) is 3.00. The van der Waals surface area contributed by atoms with Gasteiger partial charge in [-0.1, -0.05) is 11.8 Å². The van der Waals surface area contributed by atoms with Crippen molar-refractivity contribution in [1.82, 2.24) is 15.3 Å². The lowest BCUT2D eigenvalue weighted by molar-refractivity contribution is -0.144. The van der Waals surface area contributed by atoms with Gasteiger partial charge in [-0.3, -0.25) is 14.9 Å². The third kappa shape index (κ3) is 4.86. The summed E-state index contributed by atoms with van der Waals surface area (Å²) in [4.78, 5) is 29.6. The molecule has 0 spiro atoms. The molecule has 21 heavy (non-hydrogen) atoms. The molecule has 1 saturated carbocycles. The van der Waals surface area contributed by atoms with Gasteiger partial charge >= 0.3 is 5.97 Å². The number of aromatic nitrogens is 2. The molecule has 0 radical (unpaired) electrons. The first-order valence-electron chi connectivity index (χ1n) is 7.11. The monoisotopic (exact) mass is 311 g/mol. The van der Waals surface area contributed by atoms with Crippen LogP contribution >= 0.6 is 11.8 Å². The maximum atomic E-state index is 11.4. The van der Waals surface area contributed by atoms with Crippen LogP contribution in [0.25, 0.3) is 0 Å². The van der Waals surface area contributed by atoms with E-state index in [1.807, 2.05) is 0 Å². The first kappa shape index (κ1) is 16.0. The van der Waals surface area contributed by atoms with Crippen LogP contribution in [0.1, 0.15) is 38.3 Å². The zero-order valence-corrected chi connectivity index (χ0v) is 13.1. The Hall–Kier alpha value is -1.34. The summed E-state index contributed by atoms with van der Waals surface area (Å²) in [5.41, 5.74) is -0.336. The van der Waals surface area contributed by atoms with Gasteiger partial charge in [-0.05, 0) is 39.5 Å². The molecule has 3 N–H and O–H groups in total. The molecule has 1 heterocycles. The van der Waals surface area contributed by atoms with Gasteiger partial charge in [-0.25, -0.2) is 4.98 Å². The van der Waals surface area contributed by atoms with E-state index in [-0.39, 0.29) is 5.56 Å². The Labute approximate surface area is 127 Å². The molecule has 6 nitrogen and oxygen atoms in total. The number of hydrogen-bond donors (Lipinski definition) is 3. The van der Waals surface area contributed by atoms with E-state index >= 15 is 0 Å². The van der Waals surface area contributed by atoms with Crippen molar-refractivity contribution in [1.29, 1.82) is 0 Å². The number of carbonyl (C=O) groups is 1. The smallest absolute Gasteiger partial charge is 0.323 e. The zero-order valence-electron chi connectivity index (χ0n) is 12.3. The average molecular weight is 311 g/mol. The van der Waals surface area contributed by atoms with Crippen molar-refractivity contribution >= 4 is 17.7 Å². The third-order valence-electron chi connectivity index (χ3n) is 3.48. The largest absolute Gasteiger partial charge is 0.480 e. The molecular formula is C14H21N3O3S. The van der Waals surface area contributed by atoms with Crippen LogP contribution in [0.5, 0.6) is 0 Å². The summed E-state index contributed by atoms with van der Waals surface area (Å²) >= 11 is 1.45. The second-order valence-corrected chi connectivity index (χ2v) is 6.78. The number of aryl methyl sites for hydroxylation is 1. The standard InChI is InChI=1S/C14H21N3O3S/c1-9-8-11(18)16-13(15-9)21-7-3-6-14(2,12(19)20)17-10-4-5-10/h8,10,17H,3-7H2,1-2H3,(H,19,20)(H,15,16,18). The van der Waals surface area contributed by atoms with Crippen molar-refractivity contribution < 1.29 is 9.90 Å². The number of nitrogens with one attached hydrogen (secondary N) is 2. The Bertz CT molecular complexity index is 571. The Morgan fingerprint density at radius 1 is 1.62 bits per heavy atom. The summed E-state index contributed by atoms with van der Waals surface area (Å²) in [7, 11) is 0. The topological polar surface area (TPSA) is 95.1 Å². The van der Waals surface area contributed by atoms with E-state index in [2.05, 4.69) is 15.3 Å². The predicted molar refractivity (Wildman–Crippen MR) is 81.8 cm³/mol. The molecule has 1 fully saturated rings. The van der Waals surface area contributed by atoms with E-state index in [1.54, 1.807) is 13.8 Å². The number of H-pyrrole nitrogens is 1. The van der Waals surface area contributed by atoms with Crippen molar-refractivity contribution in [2.24, 2.45) is 0 Å². The molecule has 1 aromatic heterocycles. The molecule has 1 atom stereocenters. The van der Waals surface area contributed by atoms with Crippen LogP contribution < -0.4 is 10.9 Å². The highest BCUT2D eigenvalue weighted by Gasteiger charge is 2.37. The summed E-state index contributed by atoms with van der Waals surface area (Å²) < 4.78 is 0. The molecular weight excluding hydrogens is 290 g/mol. The van der Waals surface area contributed by atoms with Gasteiger partial charge in [-0.15, -0.1) is 0 Å². The molecule has 7 heteroatoms. The highest BCUT2D eigenvalue weighted by Crippen LogP contribution is 2.26. The van der Waals surface area contributed by atoms with E-state index in [4.69, 9.17) is 0 Å². The van der Waals surface area contributed by atoms with Gasteiger partial charge in [-0.2, -0.15) is 0 Å². The number of thioether (sulfide) groups is 1. The van der Waals surface area contributed by atoms with E-state index < -0.39 is 11.5 Å². The van der Waals surface area contributed by atoms with Crippen LogP contribution in [0.15, 0.2) is 16.0 Å². The second kappa shape index (κ2) is 6.62. The fraction of sp³-hybridized carbons (Fsp3) is 0.643. The molecule has 116 valence electrons. The fourth-order valence-electron chi connectivity index (χ4n) is 2.13. The quantitative estimate of drug-likeness (QED) is 0.383. The molecule has 1 aliphatic carbocycles. The molecule has 1 aliphatic rings. The Balaban J connectivity index is 1.82. The van der Waals surface area contributed by atoms with Crippen LogP contribution in [-0.4, -0.2) is 38.4 Å². The number of carboxylic acids is 1. The van der Waals surface area contributed by atoms with E-state index in [1.165, 1.54) is 17.8 Å². The van der Waals surface area contributed by atoms with Crippen molar-refractivity contribution in [3.05, 3.63) is 22.1 Å². The highest BCUT2D eigenvalue weighted by molar-refractivity contribution is 7.99. The van der Waals surface area contributed by atoms with Gasteiger partial charge in [0.2, 0.25) is 0 Å². The average Bonchev–Trinajstić information content (AvgIpc) is 3.17. The molecule has 0 aliphatic heterocycles. The van der Waals surface area contributed by atoms with Crippen molar-refractivity contribution in [2.45, 2.75) is 56.3 Å². The van der Waals surface area contributed by atoms with Gasteiger partial charge in [0.05, 0.1) is 0 Å². The number of aliphatic carboxylic acids is 1. The van der Waals surface area contributed by atoms with Crippen molar-refractivity contribution in [3.8, 4) is 0 Å². The van der Waals surface area contributed by atoms with Crippen molar-refractivity contribution in [3.63, 3.8) is 0 Å². The van der Waals surface area contributed by atoms with Gasteiger partial charge in [0, 0.05) is 23.6 Å². The lowest BCUT2D eigenvalue weighted by Gasteiger charge is -2.26. The zero-order chi connectivity index (χ0) is 15.5. The van der Waals surface area contributed by atoms with Gasteiger partial charge in [0.15, 0.2) is 5.16 Å². The van der Waals surface area contributed by atoms with Crippen LogP contribution in [0.2, 0.25) is 0 Å². The van der Waals surface area contributed by atoms with Gasteiger partial charge < -0.3 is 10.1 Å². The summed E-state index contributed by atoms with van der Waals surface area (Å²) in [5.74, 6) is -0.0804. The number of nitrogens with zero attached hydrogens (tertiary/aromatic N) is 1. The summed E-state index contributed by atoms with van der Waals surface area (Å²) in [6.45, 7) is 3.52. The van der Waals surface area contributed by atoms with Gasteiger partial charge in [0.1, 0.15) is 5.54 Å². The summed E-state index contributed by atoms with van der Waals surface area (Å²) in [6.07, 6.45) is 3.42. The number of hydrogen-bond acceptors (Lipinski definition) is 5. The minimum absolute atomic E-state index is 0.157. The molecule has 0 bridgehead atoms. The predicted octanol–water partition coefficient (Wildman–Crippen LogP) is 1.55. The van der Waals surface area contributed by atoms with E-state index in [0.29, 0.717) is 23.3 Å². The Kier molecular flexibility index (Phi) is 5.05. The second-order valence-electron chi connectivity index (χ2n) is 5.70. The maximum absolute atomic E-state index is 11.4. The normalized spacial score (nSPS) is 17.4. The first-order chi connectivity index (χ1) is 9.89. The molecule has 1 unspecified atom stereocenters. The maximum Gasteiger partial charge on any atom is 0.323 e. The summed E-state index contributed by atoms with van der Waals surface area (Å²) in [5, 5.41) is 13.2. The number of rotatable bonds is 8. The van der Waals surface area contributed by atoms with Crippen LogP contribution in [0.4, 0.5) is 0 Å². The highest BCUT2D eigenvalue weighted by atomic mass is 32.2. The first-order valence-corrected chi connectivity index (χ1v) is 8.09. The minimum atomic E-state index is -0.866.